The molecule has 0 unspecified atom stereocenters. The lowest BCUT2D eigenvalue weighted by atomic mass is 9.81. The maximum Gasteiger partial charge on any atom is 0.311 e. The van der Waals surface area contributed by atoms with E-state index in [2.05, 4.69) is 0 Å². The molecule has 118 valence electrons. The molecule has 1 aliphatic carbocycles. The number of halogens is 2. The summed E-state index contributed by atoms with van der Waals surface area (Å²) >= 11 is 0. The van der Waals surface area contributed by atoms with Gasteiger partial charge in [0.15, 0.2) is 0 Å². The largest absolute Gasteiger partial charge is 0.481 e. The number of likely N-dealkylation sites (tertiary alicyclic amines) is 1. The summed E-state index contributed by atoms with van der Waals surface area (Å²) in [5.41, 5.74) is -0.854. The van der Waals surface area contributed by atoms with Gasteiger partial charge in [0.2, 0.25) is 0 Å². The van der Waals surface area contributed by atoms with Crippen LogP contribution in [0, 0.1) is 11.3 Å². The van der Waals surface area contributed by atoms with Crippen LogP contribution in [0.2, 0.25) is 0 Å². The quantitative estimate of drug-likeness (QED) is 0.934. The van der Waals surface area contributed by atoms with E-state index in [1.165, 1.54) is 29.2 Å². The van der Waals surface area contributed by atoms with Crippen molar-refractivity contribution in [2.24, 2.45) is 11.3 Å². The van der Waals surface area contributed by atoms with Crippen LogP contribution in [0.15, 0.2) is 24.3 Å². The predicted molar refractivity (Wildman–Crippen MR) is 74.7 cm³/mol. The third kappa shape index (κ3) is 2.26. The Bertz CT molecular complexity index is 619. The summed E-state index contributed by atoms with van der Waals surface area (Å²) in [5, 5.41) is 9.52. The van der Waals surface area contributed by atoms with Crippen LogP contribution in [0.5, 0.6) is 0 Å². The van der Waals surface area contributed by atoms with Crippen LogP contribution in [0.4, 0.5) is 8.78 Å². The average Bonchev–Trinajstić information content (AvgIpc) is 3.04. The number of fused-ring (bicyclic) bond motifs is 1. The van der Waals surface area contributed by atoms with Gasteiger partial charge in [-0.05, 0) is 30.9 Å². The second-order valence-electron chi connectivity index (χ2n) is 6.16. The summed E-state index contributed by atoms with van der Waals surface area (Å²) in [4.78, 5) is 25.6. The molecule has 2 aliphatic rings. The minimum absolute atomic E-state index is 0.0350. The van der Waals surface area contributed by atoms with Crippen molar-refractivity contribution in [2.75, 3.05) is 13.1 Å². The summed E-state index contributed by atoms with van der Waals surface area (Å²) in [5.74, 6) is -1.25. The molecule has 1 saturated heterocycles. The number of rotatable bonds is 3. The molecule has 3 rings (SSSR count). The molecule has 1 amide bonds. The normalized spacial score (nSPS) is 27.2. The van der Waals surface area contributed by atoms with Gasteiger partial charge in [0.25, 0.3) is 12.3 Å². The first-order valence-electron chi connectivity index (χ1n) is 7.35. The van der Waals surface area contributed by atoms with Gasteiger partial charge in [-0.1, -0.05) is 18.6 Å². The van der Waals surface area contributed by atoms with Crippen LogP contribution in [0.25, 0.3) is 0 Å². The minimum atomic E-state index is -2.63. The van der Waals surface area contributed by atoms with E-state index >= 15 is 0 Å². The van der Waals surface area contributed by atoms with Gasteiger partial charge < -0.3 is 10.0 Å². The molecule has 1 aliphatic heterocycles. The highest BCUT2D eigenvalue weighted by Crippen LogP contribution is 2.49. The van der Waals surface area contributed by atoms with Gasteiger partial charge in [0, 0.05) is 24.2 Å². The maximum absolute atomic E-state index is 12.7. The molecule has 4 nitrogen and oxygen atoms in total. The van der Waals surface area contributed by atoms with E-state index in [0.29, 0.717) is 13.0 Å². The average molecular weight is 309 g/mol. The lowest BCUT2D eigenvalue weighted by Crippen LogP contribution is -2.37. The summed E-state index contributed by atoms with van der Waals surface area (Å²) in [6, 6.07) is 5.39. The number of carbonyl (C=O) groups is 2. The first-order valence-corrected chi connectivity index (χ1v) is 7.35. The van der Waals surface area contributed by atoms with Gasteiger partial charge in [-0.2, -0.15) is 0 Å². The van der Waals surface area contributed by atoms with E-state index in [1.54, 1.807) is 0 Å². The number of amides is 1. The zero-order valence-electron chi connectivity index (χ0n) is 12.0. The van der Waals surface area contributed by atoms with E-state index in [0.717, 1.165) is 12.8 Å². The molecule has 0 radical (unpaired) electrons. The lowest BCUT2D eigenvalue weighted by Gasteiger charge is -2.23. The number of carbonyl (C=O) groups excluding carboxylic acids is 1. The Morgan fingerprint density at radius 1 is 1.36 bits per heavy atom. The summed E-state index contributed by atoms with van der Waals surface area (Å²) in [6.45, 7) is 0.564. The smallest absolute Gasteiger partial charge is 0.311 e. The van der Waals surface area contributed by atoms with Gasteiger partial charge in [-0.3, -0.25) is 9.59 Å². The highest BCUT2D eigenvalue weighted by atomic mass is 19.3. The molecule has 2 atom stereocenters. The van der Waals surface area contributed by atoms with Gasteiger partial charge in [-0.25, -0.2) is 8.78 Å². The molecular formula is C16H17F2NO3. The van der Waals surface area contributed by atoms with Gasteiger partial charge >= 0.3 is 5.97 Å². The van der Waals surface area contributed by atoms with Crippen LogP contribution < -0.4 is 0 Å². The standard InChI is InChI=1S/C16H17F2NO3/c17-13(18)10-3-1-4-11(7-10)14(20)19-8-12-5-2-6-16(12,9-19)15(21)22/h1,3-4,7,12-13H,2,5-6,8-9H2,(H,21,22)/t12-,16+/m0/s1. The summed E-state index contributed by atoms with van der Waals surface area (Å²) < 4.78 is 25.5. The molecule has 6 heteroatoms. The molecule has 1 heterocycles. The first kappa shape index (κ1) is 14.9. The fourth-order valence-corrected chi connectivity index (χ4v) is 3.78. The molecule has 1 N–H and O–H groups in total. The van der Waals surface area contributed by atoms with Crippen molar-refractivity contribution >= 4 is 11.9 Å². The van der Waals surface area contributed by atoms with Gasteiger partial charge in [-0.15, -0.1) is 0 Å². The van der Waals surface area contributed by atoms with Crippen LogP contribution in [0.1, 0.15) is 41.6 Å². The van der Waals surface area contributed by atoms with E-state index in [1.807, 2.05) is 0 Å². The van der Waals surface area contributed by atoms with E-state index in [4.69, 9.17) is 0 Å². The van der Waals surface area contributed by atoms with Crippen LogP contribution in [-0.4, -0.2) is 35.0 Å². The maximum atomic E-state index is 12.7. The predicted octanol–water partition coefficient (Wildman–Crippen LogP) is 2.95. The minimum Gasteiger partial charge on any atom is -0.481 e. The number of carboxylic acid groups (broad SMARTS) is 1. The number of hydrogen-bond acceptors (Lipinski definition) is 2. The van der Waals surface area contributed by atoms with Crippen molar-refractivity contribution in [3.05, 3.63) is 35.4 Å². The Hall–Kier alpha value is -1.98. The first-order chi connectivity index (χ1) is 10.4. The zero-order chi connectivity index (χ0) is 15.9. The third-order valence-corrected chi connectivity index (χ3v) is 4.97. The number of nitrogens with zero attached hydrogens (tertiary/aromatic N) is 1. The molecule has 1 aromatic rings. The fraction of sp³-hybridized carbons (Fsp3) is 0.500. The van der Waals surface area contributed by atoms with E-state index < -0.39 is 17.8 Å². The Morgan fingerprint density at radius 3 is 2.77 bits per heavy atom. The van der Waals surface area contributed by atoms with Crippen molar-refractivity contribution in [1.82, 2.24) is 4.90 Å². The Morgan fingerprint density at radius 2 is 2.14 bits per heavy atom. The topological polar surface area (TPSA) is 57.6 Å². The van der Waals surface area contributed by atoms with Gasteiger partial charge in [0.1, 0.15) is 0 Å². The highest BCUT2D eigenvalue weighted by molar-refractivity contribution is 5.95. The Balaban J connectivity index is 1.83. The van der Waals surface area contributed by atoms with Crippen LogP contribution >= 0.6 is 0 Å². The van der Waals surface area contributed by atoms with Crippen molar-refractivity contribution in [2.45, 2.75) is 25.7 Å². The molecule has 22 heavy (non-hydrogen) atoms. The summed E-state index contributed by atoms with van der Waals surface area (Å²) in [7, 11) is 0. The van der Waals surface area contributed by atoms with Crippen LogP contribution in [0.3, 0.4) is 0 Å². The number of benzene rings is 1. The SMILES string of the molecule is O=C(c1cccc(C(F)F)c1)N1C[C@@H]2CCC[C@@]2(C(=O)O)C1. The molecule has 2 fully saturated rings. The van der Waals surface area contributed by atoms with E-state index in [9.17, 15) is 23.5 Å². The Labute approximate surface area is 126 Å². The Kier molecular flexibility index (Phi) is 3.62. The second-order valence-corrected chi connectivity index (χ2v) is 6.16. The zero-order valence-corrected chi connectivity index (χ0v) is 12.0. The molecule has 0 spiro atoms. The van der Waals surface area contributed by atoms with Crippen molar-refractivity contribution in [1.29, 1.82) is 0 Å². The number of hydrogen-bond donors (Lipinski definition) is 1. The van der Waals surface area contributed by atoms with Gasteiger partial charge in [0.05, 0.1) is 5.41 Å². The monoisotopic (exact) mass is 309 g/mol. The van der Waals surface area contributed by atoms with E-state index in [-0.39, 0.29) is 29.5 Å². The highest BCUT2D eigenvalue weighted by Gasteiger charge is 2.55. The lowest BCUT2D eigenvalue weighted by molar-refractivity contribution is -0.149. The van der Waals surface area contributed by atoms with Crippen LogP contribution in [-0.2, 0) is 4.79 Å². The summed E-state index contributed by atoms with van der Waals surface area (Å²) in [6.07, 6.45) is -0.392. The number of alkyl halides is 2. The molecule has 0 bridgehead atoms. The molecule has 1 aromatic carbocycles. The third-order valence-electron chi connectivity index (χ3n) is 4.97. The molecule has 1 saturated carbocycles. The number of carboxylic acids is 1. The van der Waals surface area contributed by atoms with Crippen molar-refractivity contribution < 1.29 is 23.5 Å². The molecular weight excluding hydrogens is 292 g/mol. The fourth-order valence-electron chi connectivity index (χ4n) is 3.78. The van der Waals surface area contributed by atoms with Crippen molar-refractivity contribution in [3.63, 3.8) is 0 Å². The number of aliphatic carboxylic acids is 1. The second kappa shape index (κ2) is 5.34. The van der Waals surface area contributed by atoms with Crippen molar-refractivity contribution in [3.8, 4) is 0 Å². The molecule has 0 aromatic heterocycles.